The predicted octanol–water partition coefficient (Wildman–Crippen LogP) is 2.04. The van der Waals surface area contributed by atoms with Crippen molar-refractivity contribution >= 4 is 18.4 Å². The first-order valence-electron chi connectivity index (χ1n) is 4.21. The van der Waals surface area contributed by atoms with Crippen LogP contribution in [0.3, 0.4) is 0 Å². The first kappa shape index (κ1) is 15.5. The second-order valence-corrected chi connectivity index (χ2v) is 3.05. The fraction of sp³-hybridized carbons (Fsp3) is 0.222. The molecule has 0 amide bonds. The lowest BCUT2D eigenvalue weighted by molar-refractivity contribution is -0.140. The molecule has 3 nitrogen and oxygen atoms in total. The Labute approximate surface area is 101 Å². The average molecular weight is 272 g/mol. The van der Waals surface area contributed by atoms with Gasteiger partial charge in [0.25, 0.3) is 0 Å². The lowest BCUT2D eigenvalue weighted by Crippen LogP contribution is -2.22. The summed E-state index contributed by atoms with van der Waals surface area (Å²) in [5.74, 6) is -1.55. The zero-order valence-corrected chi connectivity index (χ0v) is 9.28. The highest BCUT2D eigenvalue weighted by atomic mass is 35.5. The Morgan fingerprint density at radius 3 is 2.24 bits per heavy atom. The Hall–Kier alpha value is -1.50. The Morgan fingerprint density at radius 2 is 1.82 bits per heavy atom. The fourth-order valence-corrected chi connectivity index (χ4v) is 1.07. The number of hydrogen-bond donors (Lipinski definition) is 2. The normalized spacial score (nSPS) is 10.6. The number of rotatable bonds is 2. The molecule has 0 spiro atoms. The highest BCUT2D eigenvalue weighted by Gasteiger charge is 2.33. The summed E-state index contributed by atoms with van der Waals surface area (Å²) in [5.41, 5.74) is 9.02. The molecule has 8 heteroatoms. The molecule has 4 N–H and O–H groups in total. The van der Waals surface area contributed by atoms with E-state index in [1.54, 1.807) is 0 Å². The van der Waals surface area contributed by atoms with Crippen LogP contribution in [0.1, 0.15) is 11.1 Å². The van der Waals surface area contributed by atoms with Crippen molar-refractivity contribution in [2.75, 3.05) is 0 Å². The molecule has 0 unspecified atom stereocenters. The molecule has 1 aromatic carbocycles. The van der Waals surface area contributed by atoms with Gasteiger partial charge in [-0.3, -0.25) is 0 Å². The summed E-state index contributed by atoms with van der Waals surface area (Å²) in [4.78, 5) is 3.55. The van der Waals surface area contributed by atoms with Gasteiger partial charge < -0.3 is 11.5 Å². The van der Waals surface area contributed by atoms with E-state index in [1.807, 2.05) is 0 Å². The molecule has 0 aliphatic carbocycles. The molecule has 0 aromatic heterocycles. The summed E-state index contributed by atoms with van der Waals surface area (Å²) >= 11 is 0. The first-order chi connectivity index (χ1) is 7.30. The van der Waals surface area contributed by atoms with E-state index in [9.17, 15) is 17.6 Å². The van der Waals surface area contributed by atoms with Crippen LogP contribution in [0.2, 0.25) is 0 Å². The molecule has 0 saturated carbocycles. The minimum absolute atomic E-state index is 0. The van der Waals surface area contributed by atoms with Crippen molar-refractivity contribution in [3.05, 3.63) is 35.1 Å². The van der Waals surface area contributed by atoms with Gasteiger partial charge in [0.2, 0.25) is 0 Å². The standard InChI is InChI=1S/C9H9F4N3.ClH/c10-7-3-5(4-16-8(14)15)1-2-6(7)9(11,12)13;/h1-3H,4H2,(H4,14,15,16);1H. The zero-order chi connectivity index (χ0) is 12.3. The smallest absolute Gasteiger partial charge is 0.370 e. The highest BCUT2D eigenvalue weighted by molar-refractivity contribution is 5.85. The maximum absolute atomic E-state index is 13.0. The van der Waals surface area contributed by atoms with Crippen molar-refractivity contribution in [2.45, 2.75) is 12.7 Å². The lowest BCUT2D eigenvalue weighted by Gasteiger charge is -2.08. The molecule has 0 radical (unpaired) electrons. The van der Waals surface area contributed by atoms with Crippen molar-refractivity contribution in [1.29, 1.82) is 0 Å². The Morgan fingerprint density at radius 1 is 1.24 bits per heavy atom. The van der Waals surface area contributed by atoms with E-state index in [-0.39, 0.29) is 30.5 Å². The van der Waals surface area contributed by atoms with Crippen LogP contribution in [0.4, 0.5) is 17.6 Å². The van der Waals surface area contributed by atoms with Crippen molar-refractivity contribution < 1.29 is 17.6 Å². The number of hydrogen-bond acceptors (Lipinski definition) is 1. The molecule has 0 aliphatic rings. The molecule has 0 bridgehead atoms. The highest BCUT2D eigenvalue weighted by Crippen LogP contribution is 2.31. The average Bonchev–Trinajstić information content (AvgIpc) is 2.12. The van der Waals surface area contributed by atoms with Crippen molar-refractivity contribution in [3.8, 4) is 0 Å². The summed E-state index contributed by atoms with van der Waals surface area (Å²) < 4.78 is 49.6. The van der Waals surface area contributed by atoms with Gasteiger partial charge in [0.1, 0.15) is 5.82 Å². The summed E-state index contributed by atoms with van der Waals surface area (Å²) in [5, 5.41) is 0. The lowest BCUT2D eigenvalue weighted by atomic mass is 10.1. The third kappa shape index (κ3) is 4.48. The molecule has 0 aliphatic heterocycles. The monoisotopic (exact) mass is 271 g/mol. The maximum atomic E-state index is 13.0. The predicted molar refractivity (Wildman–Crippen MR) is 58.2 cm³/mol. The molecular formula is C9H10ClF4N3. The van der Waals surface area contributed by atoms with Crippen molar-refractivity contribution in [1.82, 2.24) is 0 Å². The zero-order valence-electron chi connectivity index (χ0n) is 8.46. The fourth-order valence-electron chi connectivity index (χ4n) is 1.07. The number of benzene rings is 1. The van der Waals surface area contributed by atoms with Crippen LogP contribution in [-0.4, -0.2) is 5.96 Å². The van der Waals surface area contributed by atoms with E-state index < -0.39 is 17.6 Å². The van der Waals surface area contributed by atoms with E-state index in [4.69, 9.17) is 11.5 Å². The molecule has 1 rings (SSSR count). The summed E-state index contributed by atoms with van der Waals surface area (Å²) in [6.45, 7) is -0.0581. The van der Waals surface area contributed by atoms with E-state index in [1.165, 1.54) is 0 Å². The molecular weight excluding hydrogens is 262 g/mol. The molecule has 0 heterocycles. The largest absolute Gasteiger partial charge is 0.419 e. The van der Waals surface area contributed by atoms with Crippen LogP contribution in [0.15, 0.2) is 23.2 Å². The molecule has 17 heavy (non-hydrogen) atoms. The minimum Gasteiger partial charge on any atom is -0.370 e. The third-order valence-corrected chi connectivity index (χ3v) is 1.78. The van der Waals surface area contributed by atoms with Gasteiger partial charge in [-0.25, -0.2) is 9.38 Å². The maximum Gasteiger partial charge on any atom is 0.419 e. The molecule has 1 aromatic rings. The van der Waals surface area contributed by atoms with Crippen LogP contribution in [0.5, 0.6) is 0 Å². The van der Waals surface area contributed by atoms with Gasteiger partial charge in [0.05, 0.1) is 12.1 Å². The number of aliphatic imine (C=N–C) groups is 1. The van der Waals surface area contributed by atoms with Gasteiger partial charge >= 0.3 is 6.18 Å². The quantitative estimate of drug-likeness (QED) is 0.491. The second-order valence-electron chi connectivity index (χ2n) is 3.05. The van der Waals surface area contributed by atoms with Gasteiger partial charge in [-0.2, -0.15) is 13.2 Å². The van der Waals surface area contributed by atoms with Crippen LogP contribution in [0, 0.1) is 5.82 Å². The summed E-state index contributed by atoms with van der Waals surface area (Å²) in [6.07, 6.45) is -4.70. The third-order valence-electron chi connectivity index (χ3n) is 1.78. The molecule has 0 saturated heterocycles. The molecule has 96 valence electrons. The minimum atomic E-state index is -4.70. The molecule has 0 fully saturated rings. The van der Waals surface area contributed by atoms with E-state index in [0.29, 0.717) is 6.07 Å². The van der Waals surface area contributed by atoms with Crippen molar-refractivity contribution in [3.63, 3.8) is 0 Å². The number of nitrogens with two attached hydrogens (primary N) is 2. The Kier molecular flexibility index (Phi) is 5.21. The molecule has 0 atom stereocenters. The van der Waals surface area contributed by atoms with Crippen LogP contribution < -0.4 is 11.5 Å². The summed E-state index contributed by atoms with van der Waals surface area (Å²) in [6, 6.07) is 2.54. The Balaban J connectivity index is 0.00000256. The number of guanidine groups is 1. The van der Waals surface area contributed by atoms with Gasteiger partial charge in [0, 0.05) is 0 Å². The van der Waals surface area contributed by atoms with Crippen LogP contribution in [0.25, 0.3) is 0 Å². The Bertz CT molecular complexity index is 413. The van der Waals surface area contributed by atoms with Crippen LogP contribution in [-0.2, 0) is 12.7 Å². The number of halogens is 5. The van der Waals surface area contributed by atoms with E-state index >= 15 is 0 Å². The summed E-state index contributed by atoms with van der Waals surface area (Å²) in [7, 11) is 0. The topological polar surface area (TPSA) is 64.4 Å². The van der Waals surface area contributed by atoms with Gasteiger partial charge in [0.15, 0.2) is 5.96 Å². The van der Waals surface area contributed by atoms with Gasteiger partial charge in [-0.05, 0) is 17.7 Å². The number of alkyl halides is 3. The van der Waals surface area contributed by atoms with Crippen molar-refractivity contribution in [2.24, 2.45) is 16.5 Å². The van der Waals surface area contributed by atoms with E-state index in [0.717, 1.165) is 12.1 Å². The van der Waals surface area contributed by atoms with Crippen LogP contribution >= 0.6 is 12.4 Å². The van der Waals surface area contributed by atoms with Gasteiger partial charge in [-0.15, -0.1) is 12.4 Å². The first-order valence-corrected chi connectivity index (χ1v) is 4.21. The second kappa shape index (κ2) is 5.72. The SMILES string of the molecule is Cl.NC(N)=NCc1ccc(C(F)(F)F)c(F)c1. The number of nitrogens with zero attached hydrogens (tertiary/aromatic N) is 1. The van der Waals surface area contributed by atoms with E-state index in [2.05, 4.69) is 4.99 Å². The van der Waals surface area contributed by atoms with Gasteiger partial charge in [-0.1, -0.05) is 6.07 Å².